The van der Waals surface area contributed by atoms with Crippen molar-refractivity contribution in [2.24, 2.45) is 0 Å². The lowest BCUT2D eigenvalue weighted by Gasteiger charge is -2.25. The summed E-state index contributed by atoms with van der Waals surface area (Å²) in [6.45, 7) is 8.48. The first-order valence-corrected chi connectivity index (χ1v) is 7.76. The van der Waals surface area contributed by atoms with Gasteiger partial charge < -0.3 is 5.11 Å². The van der Waals surface area contributed by atoms with Crippen molar-refractivity contribution in [3.63, 3.8) is 0 Å². The smallest absolute Gasteiger partial charge is 0.305 e. The Morgan fingerprint density at radius 1 is 1.20 bits per heavy atom. The highest BCUT2D eigenvalue weighted by atomic mass is 32.2. The maximum Gasteiger partial charge on any atom is 0.305 e. The Morgan fingerprint density at radius 2 is 1.65 bits per heavy atom. The Balaban J connectivity index is 3.22. The quantitative estimate of drug-likeness (QED) is 0.872. The molecule has 0 fully saturated rings. The van der Waals surface area contributed by atoms with Crippen LogP contribution in [-0.2, 0) is 14.8 Å². The maximum atomic E-state index is 12.5. The van der Waals surface area contributed by atoms with Crippen molar-refractivity contribution in [2.45, 2.75) is 51.5 Å². The van der Waals surface area contributed by atoms with Crippen molar-refractivity contribution in [1.29, 1.82) is 0 Å². The summed E-state index contributed by atoms with van der Waals surface area (Å²) in [6, 6.07) is 3.59. The van der Waals surface area contributed by atoms with Crippen LogP contribution in [0, 0.1) is 20.8 Å². The second kappa shape index (κ2) is 5.54. The summed E-state index contributed by atoms with van der Waals surface area (Å²) >= 11 is 0. The van der Waals surface area contributed by atoms with E-state index in [9.17, 15) is 13.2 Å². The fraction of sp³-hybridized carbons (Fsp3) is 0.500. The van der Waals surface area contributed by atoms with Crippen molar-refractivity contribution < 1.29 is 18.3 Å². The number of aliphatic carboxylic acids is 1. The van der Waals surface area contributed by atoms with Gasteiger partial charge in [-0.1, -0.05) is 17.7 Å². The third kappa shape index (κ3) is 4.05. The van der Waals surface area contributed by atoms with Gasteiger partial charge in [0.2, 0.25) is 10.0 Å². The molecule has 0 aliphatic rings. The summed E-state index contributed by atoms with van der Waals surface area (Å²) in [6.07, 6.45) is -0.282. The third-order valence-corrected chi connectivity index (χ3v) is 4.88. The molecule has 1 rings (SSSR count). The van der Waals surface area contributed by atoms with E-state index in [1.165, 1.54) is 0 Å². The van der Waals surface area contributed by atoms with E-state index in [1.807, 2.05) is 6.92 Å². The summed E-state index contributed by atoms with van der Waals surface area (Å²) in [4.78, 5) is 11.0. The second-order valence-corrected chi connectivity index (χ2v) is 7.41. The summed E-state index contributed by atoms with van der Waals surface area (Å²) in [5.41, 5.74) is 1.25. The molecule has 2 N–H and O–H groups in total. The zero-order chi connectivity index (χ0) is 15.7. The molecule has 20 heavy (non-hydrogen) atoms. The van der Waals surface area contributed by atoms with Gasteiger partial charge in [-0.15, -0.1) is 0 Å². The van der Waals surface area contributed by atoms with Gasteiger partial charge in [-0.2, -0.15) is 0 Å². The second-order valence-electron chi connectivity index (χ2n) is 5.79. The molecular weight excluding hydrogens is 278 g/mol. The van der Waals surface area contributed by atoms with E-state index in [0.717, 1.165) is 5.56 Å². The maximum absolute atomic E-state index is 12.5. The monoisotopic (exact) mass is 299 g/mol. The zero-order valence-electron chi connectivity index (χ0n) is 12.4. The van der Waals surface area contributed by atoms with E-state index in [4.69, 9.17) is 5.11 Å². The summed E-state index contributed by atoms with van der Waals surface area (Å²) in [5.74, 6) is -1.05. The lowest BCUT2D eigenvalue weighted by Crippen LogP contribution is -2.45. The number of aryl methyl sites for hydroxylation is 3. The predicted octanol–water partition coefficient (Wildman–Crippen LogP) is 2.14. The van der Waals surface area contributed by atoms with Crippen molar-refractivity contribution >= 4 is 16.0 Å². The lowest BCUT2D eigenvalue weighted by atomic mass is 10.0. The van der Waals surface area contributed by atoms with Gasteiger partial charge in [-0.3, -0.25) is 4.79 Å². The van der Waals surface area contributed by atoms with Crippen LogP contribution in [0.1, 0.15) is 37.0 Å². The summed E-state index contributed by atoms with van der Waals surface area (Å²) < 4.78 is 27.4. The Kier molecular flexibility index (Phi) is 4.61. The van der Waals surface area contributed by atoms with Crippen LogP contribution in [-0.4, -0.2) is 25.0 Å². The molecule has 0 aliphatic carbocycles. The van der Waals surface area contributed by atoms with Gasteiger partial charge in [0.15, 0.2) is 0 Å². The van der Waals surface area contributed by atoms with E-state index in [0.29, 0.717) is 11.1 Å². The fourth-order valence-corrected chi connectivity index (χ4v) is 4.29. The molecule has 0 bridgehead atoms. The number of hydrogen-bond donors (Lipinski definition) is 2. The largest absolute Gasteiger partial charge is 0.481 e. The zero-order valence-corrected chi connectivity index (χ0v) is 13.3. The van der Waals surface area contributed by atoms with Crippen LogP contribution in [0.5, 0.6) is 0 Å². The van der Waals surface area contributed by atoms with E-state index >= 15 is 0 Å². The number of benzene rings is 1. The number of carboxylic acids is 1. The van der Waals surface area contributed by atoms with Gasteiger partial charge in [0, 0.05) is 5.54 Å². The van der Waals surface area contributed by atoms with Crippen LogP contribution in [0.25, 0.3) is 0 Å². The Labute approximate surface area is 120 Å². The van der Waals surface area contributed by atoms with Crippen LogP contribution in [0.4, 0.5) is 0 Å². The molecule has 0 unspecified atom stereocenters. The van der Waals surface area contributed by atoms with Gasteiger partial charge >= 0.3 is 5.97 Å². The van der Waals surface area contributed by atoms with Gasteiger partial charge in [0.25, 0.3) is 0 Å². The molecule has 6 heteroatoms. The lowest BCUT2D eigenvalue weighted by molar-refractivity contribution is -0.138. The SMILES string of the molecule is Cc1cc(C)c(S(=O)(=O)NC(C)(C)CC(=O)O)c(C)c1. The molecule has 0 aromatic heterocycles. The molecule has 112 valence electrons. The Bertz CT molecular complexity index is 610. The number of nitrogens with one attached hydrogen (secondary N) is 1. The first kappa shape index (κ1) is 16.7. The van der Waals surface area contributed by atoms with E-state index < -0.39 is 21.5 Å². The highest BCUT2D eigenvalue weighted by molar-refractivity contribution is 7.89. The van der Waals surface area contributed by atoms with E-state index in [-0.39, 0.29) is 11.3 Å². The molecule has 0 saturated heterocycles. The van der Waals surface area contributed by atoms with Gasteiger partial charge in [-0.25, -0.2) is 13.1 Å². The number of sulfonamides is 1. The average molecular weight is 299 g/mol. The van der Waals surface area contributed by atoms with Crippen LogP contribution < -0.4 is 4.72 Å². The normalized spacial score (nSPS) is 12.4. The fourth-order valence-electron chi connectivity index (χ4n) is 2.42. The third-order valence-electron chi connectivity index (χ3n) is 2.88. The van der Waals surface area contributed by atoms with Crippen LogP contribution in [0.3, 0.4) is 0 Å². The first-order valence-electron chi connectivity index (χ1n) is 6.28. The van der Waals surface area contributed by atoms with Gasteiger partial charge in [0.05, 0.1) is 11.3 Å². The number of rotatable bonds is 5. The van der Waals surface area contributed by atoms with Gasteiger partial charge in [0.1, 0.15) is 0 Å². The number of carboxylic acid groups (broad SMARTS) is 1. The molecular formula is C14H21NO4S. The standard InChI is InChI=1S/C14H21NO4S/c1-9-6-10(2)13(11(3)7-9)20(18,19)15-14(4,5)8-12(16)17/h6-7,15H,8H2,1-5H3,(H,16,17). The minimum atomic E-state index is -3.76. The van der Waals surface area contributed by atoms with E-state index in [1.54, 1.807) is 39.8 Å². The molecule has 0 heterocycles. The molecule has 0 amide bonds. The molecule has 0 spiro atoms. The molecule has 1 aromatic carbocycles. The Morgan fingerprint density at radius 3 is 2.05 bits per heavy atom. The summed E-state index contributed by atoms with van der Waals surface area (Å²) in [7, 11) is -3.76. The predicted molar refractivity (Wildman–Crippen MR) is 77.3 cm³/mol. The van der Waals surface area contributed by atoms with Crippen molar-refractivity contribution in [3.8, 4) is 0 Å². The first-order chi connectivity index (χ1) is 8.94. The topological polar surface area (TPSA) is 83.5 Å². The van der Waals surface area contributed by atoms with Crippen LogP contribution in [0.15, 0.2) is 17.0 Å². The van der Waals surface area contributed by atoms with Crippen molar-refractivity contribution in [3.05, 3.63) is 28.8 Å². The van der Waals surface area contributed by atoms with Gasteiger partial charge in [-0.05, 0) is 45.7 Å². The minimum absolute atomic E-state index is 0.224. The van der Waals surface area contributed by atoms with E-state index in [2.05, 4.69) is 4.72 Å². The average Bonchev–Trinajstić information content (AvgIpc) is 2.08. The molecule has 0 atom stereocenters. The Hall–Kier alpha value is -1.40. The van der Waals surface area contributed by atoms with Crippen LogP contribution in [0.2, 0.25) is 0 Å². The molecule has 0 radical (unpaired) electrons. The van der Waals surface area contributed by atoms with Crippen LogP contribution >= 0.6 is 0 Å². The van der Waals surface area contributed by atoms with Crippen molar-refractivity contribution in [2.75, 3.05) is 0 Å². The number of carbonyl (C=O) groups is 1. The summed E-state index contributed by atoms with van der Waals surface area (Å²) in [5, 5.41) is 8.83. The molecule has 5 nitrogen and oxygen atoms in total. The molecule has 1 aromatic rings. The highest BCUT2D eigenvalue weighted by Crippen LogP contribution is 2.23. The minimum Gasteiger partial charge on any atom is -0.481 e. The number of hydrogen-bond acceptors (Lipinski definition) is 3. The highest BCUT2D eigenvalue weighted by Gasteiger charge is 2.30. The van der Waals surface area contributed by atoms with Crippen molar-refractivity contribution in [1.82, 2.24) is 4.72 Å². The molecule has 0 saturated carbocycles. The molecule has 0 aliphatic heterocycles.